The fourth-order valence-corrected chi connectivity index (χ4v) is 3.23. The Kier molecular flexibility index (Phi) is 6.67. The van der Waals surface area contributed by atoms with Gasteiger partial charge in [0.2, 0.25) is 5.91 Å². The minimum Gasteiger partial charge on any atom is -0.326 e. The summed E-state index contributed by atoms with van der Waals surface area (Å²) in [6, 6.07) is 12.4. The van der Waals surface area contributed by atoms with Crippen LogP contribution >= 0.6 is 0 Å². The van der Waals surface area contributed by atoms with Gasteiger partial charge in [0.25, 0.3) is 11.6 Å². The number of carbonyl (C=O) groups excluding carboxylic acids is 2. The van der Waals surface area contributed by atoms with Crippen LogP contribution in [-0.2, 0) is 4.79 Å². The molecule has 29 heavy (non-hydrogen) atoms. The number of nitro benzene ring substituents is 1. The van der Waals surface area contributed by atoms with Crippen LogP contribution in [0, 0.1) is 16.0 Å². The molecule has 0 saturated heterocycles. The molecule has 1 saturated carbocycles. The maximum atomic E-state index is 12.3. The number of nitrogens with one attached hydrogen (secondary N) is 2. The average molecular weight is 394 g/mol. The number of amides is 2. The van der Waals surface area contributed by atoms with Crippen LogP contribution < -0.4 is 10.7 Å². The Labute approximate surface area is 168 Å². The highest BCUT2D eigenvalue weighted by atomic mass is 16.6. The van der Waals surface area contributed by atoms with Crippen molar-refractivity contribution >= 4 is 29.4 Å². The molecule has 2 N–H and O–H groups in total. The van der Waals surface area contributed by atoms with Crippen molar-refractivity contribution in [1.82, 2.24) is 5.43 Å². The molecule has 1 fully saturated rings. The predicted molar refractivity (Wildman–Crippen MR) is 110 cm³/mol. The molecule has 0 spiro atoms. The average Bonchev–Trinajstić information content (AvgIpc) is 2.75. The van der Waals surface area contributed by atoms with Crippen molar-refractivity contribution < 1.29 is 14.5 Å². The van der Waals surface area contributed by atoms with Gasteiger partial charge in [0.15, 0.2) is 0 Å². The Morgan fingerprint density at radius 3 is 2.28 bits per heavy atom. The summed E-state index contributed by atoms with van der Waals surface area (Å²) < 4.78 is 0. The van der Waals surface area contributed by atoms with E-state index in [1.54, 1.807) is 24.3 Å². The molecule has 1 aliphatic carbocycles. The molecular formula is C21H22N4O4. The number of nitro groups is 1. The second kappa shape index (κ2) is 9.59. The van der Waals surface area contributed by atoms with E-state index in [2.05, 4.69) is 15.8 Å². The van der Waals surface area contributed by atoms with Crippen molar-refractivity contribution in [2.75, 3.05) is 5.32 Å². The largest absolute Gasteiger partial charge is 0.326 e. The zero-order chi connectivity index (χ0) is 20.6. The Morgan fingerprint density at radius 2 is 1.66 bits per heavy atom. The monoisotopic (exact) mass is 394 g/mol. The molecule has 1 aliphatic rings. The van der Waals surface area contributed by atoms with E-state index in [0.717, 1.165) is 25.7 Å². The van der Waals surface area contributed by atoms with Crippen LogP contribution in [0.5, 0.6) is 0 Å². The molecule has 0 heterocycles. The van der Waals surface area contributed by atoms with E-state index in [1.807, 2.05) is 0 Å². The van der Waals surface area contributed by atoms with E-state index < -0.39 is 10.8 Å². The van der Waals surface area contributed by atoms with Crippen LogP contribution in [0.4, 0.5) is 11.4 Å². The second-order valence-electron chi connectivity index (χ2n) is 6.95. The first kappa shape index (κ1) is 20.2. The molecule has 2 aromatic rings. The molecular weight excluding hydrogens is 372 g/mol. The first-order chi connectivity index (χ1) is 14.0. The van der Waals surface area contributed by atoms with Crippen molar-refractivity contribution in [3.05, 3.63) is 69.8 Å². The zero-order valence-electron chi connectivity index (χ0n) is 15.8. The van der Waals surface area contributed by atoms with Gasteiger partial charge in [0.1, 0.15) is 0 Å². The SMILES string of the molecule is O=C(NN=Cc1ccc([N+](=O)[O-])cc1)c1ccc(NC(=O)C2CCCCC2)cc1. The third-order valence-corrected chi connectivity index (χ3v) is 4.87. The quantitative estimate of drug-likeness (QED) is 0.440. The number of hydrogen-bond donors (Lipinski definition) is 2. The Hall–Kier alpha value is -3.55. The lowest BCUT2D eigenvalue weighted by molar-refractivity contribution is -0.384. The highest BCUT2D eigenvalue weighted by molar-refractivity contribution is 5.96. The molecule has 2 amide bonds. The molecule has 0 radical (unpaired) electrons. The molecule has 0 aliphatic heterocycles. The third kappa shape index (κ3) is 5.71. The standard InChI is InChI=1S/C21H22N4O4/c26-20(16-4-2-1-3-5-16)23-18-10-8-17(9-11-18)21(27)24-22-14-15-6-12-19(13-7-15)25(28)29/h6-14,16H,1-5H2,(H,23,26)(H,24,27). The fourth-order valence-electron chi connectivity index (χ4n) is 3.23. The third-order valence-electron chi connectivity index (χ3n) is 4.87. The highest BCUT2D eigenvalue weighted by Crippen LogP contribution is 2.25. The second-order valence-corrected chi connectivity index (χ2v) is 6.95. The van der Waals surface area contributed by atoms with Crippen LogP contribution in [-0.4, -0.2) is 23.0 Å². The first-order valence-corrected chi connectivity index (χ1v) is 9.52. The van der Waals surface area contributed by atoms with Gasteiger partial charge in [-0.1, -0.05) is 19.3 Å². The molecule has 0 unspecified atom stereocenters. The van der Waals surface area contributed by atoms with Gasteiger partial charge in [-0.25, -0.2) is 5.43 Å². The maximum absolute atomic E-state index is 12.3. The summed E-state index contributed by atoms with van der Waals surface area (Å²) in [7, 11) is 0. The van der Waals surface area contributed by atoms with E-state index in [1.165, 1.54) is 36.9 Å². The van der Waals surface area contributed by atoms with Gasteiger partial charge in [-0.3, -0.25) is 19.7 Å². The topological polar surface area (TPSA) is 114 Å². The minimum atomic E-state index is -0.482. The van der Waals surface area contributed by atoms with E-state index in [4.69, 9.17) is 0 Å². The van der Waals surface area contributed by atoms with Gasteiger partial charge < -0.3 is 5.32 Å². The number of rotatable bonds is 6. The van der Waals surface area contributed by atoms with Crippen LogP contribution in [0.1, 0.15) is 48.0 Å². The zero-order valence-corrected chi connectivity index (χ0v) is 15.8. The molecule has 0 aromatic heterocycles. The normalized spacial score (nSPS) is 14.5. The molecule has 8 nitrogen and oxygen atoms in total. The van der Waals surface area contributed by atoms with Gasteiger partial charge in [0.05, 0.1) is 11.1 Å². The molecule has 2 aromatic carbocycles. The fraction of sp³-hybridized carbons (Fsp3) is 0.286. The molecule has 3 rings (SSSR count). The van der Waals surface area contributed by atoms with E-state index in [9.17, 15) is 19.7 Å². The van der Waals surface area contributed by atoms with Gasteiger partial charge in [0, 0.05) is 29.3 Å². The lowest BCUT2D eigenvalue weighted by Gasteiger charge is -2.20. The summed E-state index contributed by atoms with van der Waals surface area (Å²) >= 11 is 0. The van der Waals surface area contributed by atoms with Crippen molar-refractivity contribution in [3.63, 3.8) is 0 Å². The van der Waals surface area contributed by atoms with Gasteiger partial charge in [-0.15, -0.1) is 0 Å². The molecule has 8 heteroatoms. The number of benzene rings is 2. The molecule has 0 atom stereocenters. The van der Waals surface area contributed by atoms with E-state index >= 15 is 0 Å². The summed E-state index contributed by atoms with van der Waals surface area (Å²) in [5.74, 6) is -0.289. The number of hydrazone groups is 1. The van der Waals surface area contributed by atoms with Crippen molar-refractivity contribution in [2.24, 2.45) is 11.0 Å². The Morgan fingerprint density at radius 1 is 1.00 bits per heavy atom. The minimum absolute atomic E-state index is 0.0122. The summed E-state index contributed by atoms with van der Waals surface area (Å²) in [5.41, 5.74) is 4.08. The summed E-state index contributed by atoms with van der Waals surface area (Å²) in [5, 5.41) is 17.4. The summed E-state index contributed by atoms with van der Waals surface area (Å²) in [6.45, 7) is 0. The smallest absolute Gasteiger partial charge is 0.271 e. The molecule has 150 valence electrons. The number of anilines is 1. The van der Waals surface area contributed by atoms with Crippen LogP contribution in [0.15, 0.2) is 53.6 Å². The van der Waals surface area contributed by atoms with Crippen LogP contribution in [0.25, 0.3) is 0 Å². The highest BCUT2D eigenvalue weighted by Gasteiger charge is 2.21. The Balaban J connectivity index is 1.51. The van der Waals surface area contributed by atoms with Gasteiger partial charge >= 0.3 is 0 Å². The van der Waals surface area contributed by atoms with Gasteiger partial charge in [-0.2, -0.15) is 5.10 Å². The van der Waals surface area contributed by atoms with Crippen molar-refractivity contribution in [2.45, 2.75) is 32.1 Å². The Bertz CT molecular complexity index is 901. The van der Waals surface area contributed by atoms with Gasteiger partial charge in [-0.05, 0) is 54.8 Å². The lowest BCUT2D eigenvalue weighted by atomic mass is 9.88. The van der Waals surface area contributed by atoms with E-state index in [0.29, 0.717) is 16.8 Å². The molecule has 0 bridgehead atoms. The lowest BCUT2D eigenvalue weighted by Crippen LogP contribution is -2.24. The maximum Gasteiger partial charge on any atom is 0.271 e. The van der Waals surface area contributed by atoms with Crippen molar-refractivity contribution in [1.29, 1.82) is 0 Å². The van der Waals surface area contributed by atoms with Crippen LogP contribution in [0.3, 0.4) is 0 Å². The number of hydrogen-bond acceptors (Lipinski definition) is 5. The predicted octanol–water partition coefficient (Wildman–Crippen LogP) is 3.88. The van der Waals surface area contributed by atoms with Crippen LogP contribution in [0.2, 0.25) is 0 Å². The number of nitrogens with zero attached hydrogens (tertiary/aromatic N) is 2. The number of carbonyl (C=O) groups is 2. The van der Waals surface area contributed by atoms with Crippen molar-refractivity contribution in [3.8, 4) is 0 Å². The summed E-state index contributed by atoms with van der Waals surface area (Å²) in [4.78, 5) is 34.6. The summed E-state index contributed by atoms with van der Waals surface area (Å²) in [6.07, 6.45) is 6.65. The number of non-ortho nitro benzene ring substituents is 1. The van der Waals surface area contributed by atoms with E-state index in [-0.39, 0.29) is 17.5 Å². The first-order valence-electron chi connectivity index (χ1n) is 9.52.